The van der Waals surface area contributed by atoms with Crippen LogP contribution in [0.25, 0.3) is 0 Å². The summed E-state index contributed by atoms with van der Waals surface area (Å²) in [5.41, 5.74) is -0.226. The van der Waals surface area contributed by atoms with Crippen LogP contribution in [0.15, 0.2) is 40.2 Å². The fourth-order valence-corrected chi connectivity index (χ4v) is 2.81. The Morgan fingerprint density at radius 3 is 2.43 bits per heavy atom. The predicted molar refractivity (Wildman–Crippen MR) is 99.0 cm³/mol. The number of aliphatic imine (C=N–C) groups is 1. The molecule has 0 radical (unpaired) electrons. The second-order valence-corrected chi connectivity index (χ2v) is 7.86. The van der Waals surface area contributed by atoms with E-state index in [2.05, 4.69) is 40.0 Å². The largest absolute Gasteiger partial charge is 0.355 e. The van der Waals surface area contributed by atoms with E-state index in [0.29, 0.717) is 11.2 Å². The number of carbonyl (C=O) groups is 1. The maximum atomic E-state index is 11.8. The first kappa shape index (κ1) is 19.4. The summed E-state index contributed by atoms with van der Waals surface area (Å²) in [4.78, 5) is 17.2. The van der Waals surface area contributed by atoms with Crippen LogP contribution in [0.3, 0.4) is 0 Å². The lowest BCUT2D eigenvalue weighted by molar-refractivity contribution is -0.121. The summed E-state index contributed by atoms with van der Waals surface area (Å²) in [6.45, 7) is 9.00. The van der Waals surface area contributed by atoms with Crippen molar-refractivity contribution in [3.05, 3.63) is 30.3 Å². The molecule has 1 aromatic carbocycles. The van der Waals surface area contributed by atoms with E-state index in [4.69, 9.17) is 0 Å². The summed E-state index contributed by atoms with van der Waals surface area (Å²) in [6.07, 6.45) is 0. The van der Waals surface area contributed by atoms with Gasteiger partial charge in [0.05, 0.1) is 6.54 Å². The lowest BCUT2D eigenvalue weighted by atomic mass is 10.1. The summed E-state index contributed by atoms with van der Waals surface area (Å²) in [7, 11) is 1.70. The molecular weight excluding hydrogens is 308 g/mol. The van der Waals surface area contributed by atoms with Crippen molar-refractivity contribution in [2.24, 2.45) is 4.99 Å². The molecule has 3 N–H and O–H groups in total. The van der Waals surface area contributed by atoms with Gasteiger partial charge < -0.3 is 16.0 Å². The summed E-state index contributed by atoms with van der Waals surface area (Å²) in [5.74, 6) is 0.585. The van der Waals surface area contributed by atoms with Crippen LogP contribution in [-0.2, 0) is 4.79 Å². The van der Waals surface area contributed by atoms with Gasteiger partial charge in [-0.3, -0.25) is 9.79 Å². The maximum absolute atomic E-state index is 11.8. The molecule has 1 amide bonds. The molecule has 128 valence electrons. The Labute approximate surface area is 143 Å². The van der Waals surface area contributed by atoms with E-state index in [1.807, 2.05) is 39.0 Å². The van der Waals surface area contributed by atoms with Gasteiger partial charge in [-0.05, 0) is 32.9 Å². The van der Waals surface area contributed by atoms with Crippen molar-refractivity contribution in [2.75, 3.05) is 20.1 Å². The van der Waals surface area contributed by atoms with Crippen molar-refractivity contribution in [1.29, 1.82) is 0 Å². The van der Waals surface area contributed by atoms with Crippen molar-refractivity contribution >= 4 is 23.6 Å². The highest BCUT2D eigenvalue weighted by molar-refractivity contribution is 8.00. The number of guanidine groups is 1. The Bertz CT molecular complexity index is 511. The smallest absolute Gasteiger partial charge is 0.239 e. The molecule has 23 heavy (non-hydrogen) atoms. The van der Waals surface area contributed by atoms with E-state index in [0.717, 1.165) is 6.54 Å². The third kappa shape index (κ3) is 9.13. The second kappa shape index (κ2) is 9.45. The van der Waals surface area contributed by atoms with Crippen LogP contribution in [0.4, 0.5) is 0 Å². The van der Waals surface area contributed by atoms with E-state index in [1.54, 1.807) is 18.8 Å². The molecule has 0 saturated carbocycles. The minimum Gasteiger partial charge on any atom is -0.355 e. The highest BCUT2D eigenvalue weighted by Gasteiger charge is 2.13. The molecule has 1 rings (SSSR count). The summed E-state index contributed by atoms with van der Waals surface area (Å²) in [6, 6.07) is 10.3. The average Bonchev–Trinajstić information content (AvgIpc) is 2.46. The van der Waals surface area contributed by atoms with Gasteiger partial charge in [-0.25, -0.2) is 0 Å². The Hall–Kier alpha value is -1.69. The molecular formula is C17H28N4OS. The van der Waals surface area contributed by atoms with Crippen molar-refractivity contribution in [1.82, 2.24) is 16.0 Å². The third-order valence-electron chi connectivity index (χ3n) is 2.79. The molecule has 0 aromatic heterocycles. The van der Waals surface area contributed by atoms with Gasteiger partial charge in [0.2, 0.25) is 5.91 Å². The topological polar surface area (TPSA) is 65.5 Å². The molecule has 6 heteroatoms. The maximum Gasteiger partial charge on any atom is 0.239 e. The highest BCUT2D eigenvalue weighted by Crippen LogP contribution is 2.21. The predicted octanol–water partition coefficient (Wildman–Crippen LogP) is 2.25. The van der Waals surface area contributed by atoms with Gasteiger partial charge in [-0.1, -0.05) is 25.1 Å². The van der Waals surface area contributed by atoms with Crippen LogP contribution in [0.1, 0.15) is 27.7 Å². The number of nitrogens with zero attached hydrogens (tertiary/aromatic N) is 1. The van der Waals surface area contributed by atoms with Crippen molar-refractivity contribution in [3.8, 4) is 0 Å². The third-order valence-corrected chi connectivity index (χ3v) is 3.91. The van der Waals surface area contributed by atoms with Gasteiger partial charge in [-0.2, -0.15) is 0 Å². The normalized spacial score (nSPS) is 13.3. The Morgan fingerprint density at radius 2 is 1.87 bits per heavy atom. The number of thioether (sulfide) groups is 1. The highest BCUT2D eigenvalue weighted by atomic mass is 32.2. The Kier molecular flexibility index (Phi) is 7.95. The first-order chi connectivity index (χ1) is 10.8. The van der Waals surface area contributed by atoms with E-state index in [9.17, 15) is 4.79 Å². The summed E-state index contributed by atoms with van der Waals surface area (Å²) in [5, 5.41) is 9.57. The number of nitrogens with one attached hydrogen (secondary N) is 3. The number of hydrogen-bond donors (Lipinski definition) is 3. The molecule has 1 aromatic rings. The minimum absolute atomic E-state index is 0.0489. The zero-order chi connectivity index (χ0) is 17.3. The number of hydrogen-bond acceptors (Lipinski definition) is 3. The van der Waals surface area contributed by atoms with E-state index >= 15 is 0 Å². The van der Waals surface area contributed by atoms with Gasteiger partial charge in [0.25, 0.3) is 0 Å². The number of amides is 1. The van der Waals surface area contributed by atoms with Crippen molar-refractivity contribution in [3.63, 3.8) is 0 Å². The average molecular weight is 337 g/mol. The second-order valence-electron chi connectivity index (χ2n) is 6.35. The lowest BCUT2D eigenvalue weighted by Gasteiger charge is -2.21. The standard InChI is InChI=1S/C17H28N4OS/c1-13(23-14-9-7-6-8-10-14)11-19-16(18-5)20-12-15(22)21-17(2,3)4/h6-10,13H,11-12H2,1-5H3,(H,21,22)(H2,18,19,20). The van der Waals surface area contributed by atoms with E-state index in [-0.39, 0.29) is 18.0 Å². The van der Waals surface area contributed by atoms with Gasteiger partial charge in [-0.15, -0.1) is 11.8 Å². The number of carbonyl (C=O) groups excluding carboxylic acids is 1. The molecule has 0 heterocycles. The molecule has 0 aliphatic carbocycles. The Balaban J connectivity index is 2.32. The van der Waals surface area contributed by atoms with Crippen LogP contribution in [0, 0.1) is 0 Å². The Morgan fingerprint density at radius 1 is 1.22 bits per heavy atom. The molecule has 5 nitrogen and oxygen atoms in total. The molecule has 0 saturated heterocycles. The molecule has 0 aliphatic heterocycles. The lowest BCUT2D eigenvalue weighted by Crippen LogP contribution is -2.48. The first-order valence-corrected chi connectivity index (χ1v) is 8.65. The summed E-state index contributed by atoms with van der Waals surface area (Å²) < 4.78 is 0. The zero-order valence-corrected chi connectivity index (χ0v) is 15.5. The van der Waals surface area contributed by atoms with Crippen LogP contribution in [0.2, 0.25) is 0 Å². The zero-order valence-electron chi connectivity index (χ0n) is 14.6. The van der Waals surface area contributed by atoms with Crippen LogP contribution < -0.4 is 16.0 Å². The van der Waals surface area contributed by atoms with Crippen LogP contribution >= 0.6 is 11.8 Å². The quantitative estimate of drug-likeness (QED) is 0.423. The fraction of sp³-hybridized carbons (Fsp3) is 0.529. The van der Waals surface area contributed by atoms with E-state index in [1.165, 1.54) is 4.90 Å². The van der Waals surface area contributed by atoms with Crippen LogP contribution in [0.5, 0.6) is 0 Å². The SMILES string of the molecule is CN=C(NCC(=O)NC(C)(C)C)NCC(C)Sc1ccccc1. The van der Waals surface area contributed by atoms with Gasteiger partial charge in [0, 0.05) is 29.3 Å². The molecule has 0 bridgehead atoms. The minimum atomic E-state index is -0.226. The number of rotatable bonds is 6. The molecule has 1 unspecified atom stereocenters. The monoisotopic (exact) mass is 336 g/mol. The van der Waals surface area contributed by atoms with Gasteiger partial charge in [0.1, 0.15) is 0 Å². The van der Waals surface area contributed by atoms with Crippen molar-refractivity contribution < 1.29 is 4.79 Å². The van der Waals surface area contributed by atoms with E-state index < -0.39 is 0 Å². The van der Waals surface area contributed by atoms with Crippen molar-refractivity contribution in [2.45, 2.75) is 43.4 Å². The molecule has 0 spiro atoms. The fourth-order valence-electron chi connectivity index (χ4n) is 1.86. The molecule has 1 atom stereocenters. The summed E-state index contributed by atoms with van der Waals surface area (Å²) >= 11 is 1.80. The number of benzene rings is 1. The van der Waals surface area contributed by atoms with Gasteiger partial charge >= 0.3 is 0 Å². The first-order valence-electron chi connectivity index (χ1n) is 7.77. The van der Waals surface area contributed by atoms with Crippen LogP contribution in [-0.4, -0.2) is 42.8 Å². The van der Waals surface area contributed by atoms with Gasteiger partial charge in [0.15, 0.2) is 5.96 Å². The molecule has 0 fully saturated rings. The molecule has 0 aliphatic rings.